The van der Waals surface area contributed by atoms with Crippen molar-refractivity contribution in [1.82, 2.24) is 14.7 Å². The van der Waals surface area contributed by atoms with Gasteiger partial charge in [-0.2, -0.15) is 5.10 Å². The molecule has 1 aliphatic heterocycles. The molecule has 108 valence electrons. The summed E-state index contributed by atoms with van der Waals surface area (Å²) < 4.78 is 3.20. The van der Waals surface area contributed by atoms with Crippen LogP contribution in [-0.4, -0.2) is 45.5 Å². The molecule has 0 radical (unpaired) electrons. The predicted molar refractivity (Wildman–Crippen MR) is 88.7 cm³/mol. The lowest BCUT2D eigenvalue weighted by Crippen LogP contribution is -2.36. The number of aryl methyl sites for hydroxylation is 1. The molecule has 1 aliphatic rings. The van der Waals surface area contributed by atoms with Gasteiger partial charge in [-0.1, -0.05) is 18.2 Å². The fraction of sp³-hybridized carbons (Fsp3) is 0.533. The highest BCUT2D eigenvalue weighted by atomic mass is 127. The van der Waals surface area contributed by atoms with E-state index >= 15 is 0 Å². The molecule has 1 fully saturated rings. The molecular weight excluding hydrogens is 365 g/mol. The zero-order valence-electron chi connectivity index (χ0n) is 11.5. The van der Waals surface area contributed by atoms with E-state index in [0.717, 1.165) is 49.1 Å². The Balaban J connectivity index is 1.57. The Morgan fingerprint density at radius 3 is 2.75 bits per heavy atom. The fourth-order valence-electron chi connectivity index (χ4n) is 2.84. The van der Waals surface area contributed by atoms with Gasteiger partial charge in [0.25, 0.3) is 0 Å². The van der Waals surface area contributed by atoms with Crippen LogP contribution in [0, 0.1) is 3.70 Å². The molecule has 4 nitrogen and oxygen atoms in total. The van der Waals surface area contributed by atoms with Crippen molar-refractivity contribution >= 4 is 33.5 Å². The fourth-order valence-corrected chi connectivity index (χ4v) is 3.56. The molecule has 0 unspecified atom stereocenters. The van der Waals surface area contributed by atoms with Crippen LogP contribution in [-0.2, 0) is 6.54 Å². The lowest BCUT2D eigenvalue weighted by molar-refractivity contribution is 0.0814. The third-order valence-electron chi connectivity index (χ3n) is 4.01. The minimum Gasteiger partial charge on any atom is -0.393 e. The van der Waals surface area contributed by atoms with Crippen molar-refractivity contribution in [3.05, 3.63) is 28.0 Å². The topological polar surface area (TPSA) is 41.3 Å². The number of hydrogen-bond donors (Lipinski definition) is 1. The van der Waals surface area contributed by atoms with Crippen LogP contribution in [0.25, 0.3) is 10.9 Å². The first-order valence-corrected chi connectivity index (χ1v) is 8.33. The Bertz CT molecular complexity index is 576. The first-order chi connectivity index (χ1) is 9.74. The normalized spacial score (nSPS) is 17.9. The Morgan fingerprint density at radius 1 is 1.20 bits per heavy atom. The summed E-state index contributed by atoms with van der Waals surface area (Å²) in [6.07, 6.45) is 2.87. The van der Waals surface area contributed by atoms with Gasteiger partial charge in [0.1, 0.15) is 3.70 Å². The van der Waals surface area contributed by atoms with Gasteiger partial charge in [0, 0.05) is 25.0 Å². The van der Waals surface area contributed by atoms with E-state index in [1.165, 1.54) is 10.9 Å². The molecule has 1 aromatic carbocycles. The van der Waals surface area contributed by atoms with Crippen molar-refractivity contribution in [2.75, 3.05) is 19.6 Å². The largest absolute Gasteiger partial charge is 0.393 e. The second kappa shape index (κ2) is 6.41. The van der Waals surface area contributed by atoms with E-state index in [4.69, 9.17) is 0 Å². The summed E-state index contributed by atoms with van der Waals surface area (Å²) in [5.74, 6) is 0. The van der Waals surface area contributed by atoms with Crippen molar-refractivity contribution in [2.24, 2.45) is 0 Å². The second-order valence-electron chi connectivity index (χ2n) is 5.46. The van der Waals surface area contributed by atoms with Crippen LogP contribution in [0.5, 0.6) is 0 Å². The summed E-state index contributed by atoms with van der Waals surface area (Å²) >= 11 is 2.31. The highest BCUT2D eigenvalue weighted by Crippen LogP contribution is 2.20. The number of benzene rings is 1. The van der Waals surface area contributed by atoms with Crippen molar-refractivity contribution in [3.8, 4) is 0 Å². The number of aliphatic hydroxyl groups excluding tert-OH is 1. The lowest BCUT2D eigenvalue weighted by atomic mass is 10.1. The van der Waals surface area contributed by atoms with E-state index in [1.807, 2.05) is 0 Å². The maximum absolute atomic E-state index is 9.51. The first kappa shape index (κ1) is 14.3. The van der Waals surface area contributed by atoms with Crippen LogP contribution in [0.4, 0.5) is 0 Å². The molecule has 0 amide bonds. The van der Waals surface area contributed by atoms with E-state index in [1.54, 1.807) is 0 Å². The van der Waals surface area contributed by atoms with Crippen LogP contribution in [0.3, 0.4) is 0 Å². The van der Waals surface area contributed by atoms with Gasteiger partial charge in [-0.25, -0.2) is 0 Å². The molecule has 0 aliphatic carbocycles. The third kappa shape index (κ3) is 3.15. The number of aromatic nitrogens is 2. The predicted octanol–water partition coefficient (Wildman–Crippen LogP) is 2.49. The van der Waals surface area contributed by atoms with Crippen molar-refractivity contribution in [1.29, 1.82) is 0 Å². The number of para-hydroxylation sites is 1. The molecule has 0 atom stereocenters. The summed E-state index contributed by atoms with van der Waals surface area (Å²) in [5, 5.41) is 15.4. The summed E-state index contributed by atoms with van der Waals surface area (Å²) in [6, 6.07) is 8.41. The number of likely N-dealkylation sites (tertiary alicyclic amines) is 1. The van der Waals surface area contributed by atoms with E-state index in [-0.39, 0.29) is 6.10 Å². The molecule has 1 aromatic heterocycles. The number of nitrogens with zero attached hydrogens (tertiary/aromatic N) is 3. The Labute approximate surface area is 132 Å². The molecule has 1 N–H and O–H groups in total. The van der Waals surface area contributed by atoms with Crippen molar-refractivity contribution in [3.63, 3.8) is 0 Å². The molecule has 0 saturated carbocycles. The van der Waals surface area contributed by atoms with E-state index < -0.39 is 0 Å². The van der Waals surface area contributed by atoms with Crippen LogP contribution >= 0.6 is 22.6 Å². The summed E-state index contributed by atoms with van der Waals surface area (Å²) in [7, 11) is 0. The van der Waals surface area contributed by atoms with Crippen LogP contribution in [0.1, 0.15) is 19.3 Å². The average Bonchev–Trinajstić information content (AvgIpc) is 2.79. The minimum atomic E-state index is -0.0807. The monoisotopic (exact) mass is 385 g/mol. The molecular formula is C15H20IN3O. The molecule has 3 rings (SSSR count). The lowest BCUT2D eigenvalue weighted by Gasteiger charge is -2.29. The number of piperidine rings is 1. The minimum absolute atomic E-state index is 0.0807. The van der Waals surface area contributed by atoms with Gasteiger partial charge < -0.3 is 10.0 Å². The molecule has 20 heavy (non-hydrogen) atoms. The van der Waals surface area contributed by atoms with Gasteiger partial charge in [0.2, 0.25) is 0 Å². The Hall–Kier alpha value is -0.660. The van der Waals surface area contributed by atoms with E-state index in [2.05, 4.69) is 61.5 Å². The van der Waals surface area contributed by atoms with Crippen LogP contribution < -0.4 is 0 Å². The average molecular weight is 385 g/mol. The number of hydrogen-bond acceptors (Lipinski definition) is 3. The highest BCUT2D eigenvalue weighted by molar-refractivity contribution is 14.1. The van der Waals surface area contributed by atoms with Gasteiger partial charge in [-0.05, 0) is 54.5 Å². The molecule has 2 aromatic rings. The number of halogens is 1. The van der Waals surface area contributed by atoms with Crippen LogP contribution in [0.2, 0.25) is 0 Å². The summed E-state index contributed by atoms with van der Waals surface area (Å²) in [5.41, 5.74) is 1.23. The maximum atomic E-state index is 9.51. The number of rotatable bonds is 4. The van der Waals surface area contributed by atoms with Gasteiger partial charge in [0.05, 0.1) is 11.6 Å². The molecule has 5 heteroatoms. The number of fused-ring (bicyclic) bond motifs is 1. The third-order valence-corrected chi connectivity index (χ3v) is 4.81. The quantitative estimate of drug-likeness (QED) is 0.823. The van der Waals surface area contributed by atoms with Gasteiger partial charge in [0.15, 0.2) is 0 Å². The van der Waals surface area contributed by atoms with Gasteiger partial charge >= 0.3 is 0 Å². The SMILES string of the molecule is OC1CCN(CCCn2nc(I)c3ccccc32)CC1. The van der Waals surface area contributed by atoms with Crippen molar-refractivity contribution < 1.29 is 5.11 Å². The van der Waals surface area contributed by atoms with Gasteiger partial charge in [-0.3, -0.25) is 4.68 Å². The van der Waals surface area contributed by atoms with E-state index in [0.29, 0.717) is 0 Å². The van der Waals surface area contributed by atoms with E-state index in [9.17, 15) is 5.11 Å². The summed E-state index contributed by atoms with van der Waals surface area (Å²) in [6.45, 7) is 4.11. The second-order valence-corrected chi connectivity index (χ2v) is 6.48. The zero-order valence-corrected chi connectivity index (χ0v) is 13.7. The molecule has 0 bridgehead atoms. The molecule has 2 heterocycles. The smallest absolute Gasteiger partial charge is 0.131 e. The van der Waals surface area contributed by atoms with Crippen molar-refractivity contribution in [2.45, 2.75) is 31.9 Å². The molecule has 1 saturated heterocycles. The number of aliphatic hydroxyl groups is 1. The van der Waals surface area contributed by atoms with Crippen LogP contribution in [0.15, 0.2) is 24.3 Å². The first-order valence-electron chi connectivity index (χ1n) is 7.25. The summed E-state index contributed by atoms with van der Waals surface area (Å²) in [4.78, 5) is 2.45. The Kier molecular flexibility index (Phi) is 4.58. The standard InChI is InChI=1S/C15H20IN3O/c16-15-13-4-1-2-5-14(13)19(17-15)9-3-8-18-10-6-12(20)7-11-18/h1-2,4-5,12,20H,3,6-11H2. The molecule has 0 spiro atoms. The highest BCUT2D eigenvalue weighted by Gasteiger charge is 2.16. The maximum Gasteiger partial charge on any atom is 0.131 e. The Morgan fingerprint density at radius 2 is 1.95 bits per heavy atom. The zero-order chi connectivity index (χ0) is 13.9. The van der Waals surface area contributed by atoms with Gasteiger partial charge in [-0.15, -0.1) is 0 Å².